The molecule has 4 heteroatoms. The van der Waals surface area contributed by atoms with Crippen LogP contribution < -0.4 is 0 Å². The summed E-state index contributed by atoms with van der Waals surface area (Å²) in [5, 5.41) is 1.58. The molecule has 0 atom stereocenters. The summed E-state index contributed by atoms with van der Waals surface area (Å²) in [4.78, 5) is 16.4. The number of benzene rings is 1. The minimum Gasteiger partial charge on any atom is -0.274 e. The van der Waals surface area contributed by atoms with E-state index in [4.69, 9.17) is 16.4 Å². The molecule has 0 aliphatic heterocycles. The lowest BCUT2D eigenvalue weighted by Gasteiger charge is -2.14. The van der Waals surface area contributed by atoms with Crippen molar-refractivity contribution >= 4 is 17.5 Å². The third-order valence-electron chi connectivity index (χ3n) is 1.91. The lowest BCUT2D eigenvalue weighted by Crippen LogP contribution is -2.25. The van der Waals surface area contributed by atoms with Crippen LogP contribution in [0.3, 0.4) is 0 Å². The van der Waals surface area contributed by atoms with Crippen molar-refractivity contribution < 1.29 is 9.63 Å². The third-order valence-corrected chi connectivity index (χ3v) is 2.23. The van der Waals surface area contributed by atoms with Gasteiger partial charge < -0.3 is 0 Å². The number of hydrogen-bond donors (Lipinski definition) is 0. The van der Waals surface area contributed by atoms with Gasteiger partial charge in [0.15, 0.2) is 0 Å². The zero-order chi connectivity index (χ0) is 10.7. The van der Waals surface area contributed by atoms with Crippen LogP contribution in [-0.2, 0) is 4.84 Å². The van der Waals surface area contributed by atoms with Crippen molar-refractivity contribution in [1.29, 1.82) is 0 Å². The van der Waals surface area contributed by atoms with Gasteiger partial charge in [0, 0.05) is 7.05 Å². The zero-order valence-corrected chi connectivity index (χ0v) is 9.13. The van der Waals surface area contributed by atoms with Gasteiger partial charge in [-0.1, -0.05) is 17.7 Å². The molecule has 1 amide bonds. The van der Waals surface area contributed by atoms with Crippen LogP contribution in [0.1, 0.15) is 15.9 Å². The summed E-state index contributed by atoms with van der Waals surface area (Å²) in [6, 6.07) is 5.27. The highest BCUT2D eigenvalue weighted by molar-refractivity contribution is 6.33. The topological polar surface area (TPSA) is 29.5 Å². The summed E-state index contributed by atoms with van der Waals surface area (Å²) in [5.74, 6) is -0.252. The van der Waals surface area contributed by atoms with Crippen LogP contribution >= 0.6 is 11.6 Å². The van der Waals surface area contributed by atoms with Gasteiger partial charge in [0.25, 0.3) is 5.91 Å². The van der Waals surface area contributed by atoms with Crippen molar-refractivity contribution in [3.8, 4) is 0 Å². The first-order valence-corrected chi connectivity index (χ1v) is 4.52. The van der Waals surface area contributed by atoms with E-state index in [9.17, 15) is 4.79 Å². The van der Waals surface area contributed by atoms with E-state index in [-0.39, 0.29) is 5.91 Å². The second kappa shape index (κ2) is 4.44. The van der Waals surface area contributed by atoms with Crippen LogP contribution in [0.2, 0.25) is 5.02 Å². The van der Waals surface area contributed by atoms with E-state index >= 15 is 0 Å². The molecule has 0 spiro atoms. The van der Waals surface area contributed by atoms with Gasteiger partial charge in [-0.3, -0.25) is 9.63 Å². The van der Waals surface area contributed by atoms with Gasteiger partial charge in [-0.15, -0.1) is 0 Å². The maximum Gasteiger partial charge on any atom is 0.278 e. The molecule has 1 aromatic rings. The Bertz CT molecular complexity index is 352. The zero-order valence-electron chi connectivity index (χ0n) is 8.37. The number of aryl methyl sites for hydroxylation is 1. The van der Waals surface area contributed by atoms with E-state index in [1.54, 1.807) is 19.2 Å². The molecule has 0 saturated heterocycles. The quantitative estimate of drug-likeness (QED) is 0.706. The minimum atomic E-state index is -0.252. The summed E-state index contributed by atoms with van der Waals surface area (Å²) >= 11 is 5.92. The van der Waals surface area contributed by atoms with Crippen LogP contribution in [0.5, 0.6) is 0 Å². The van der Waals surface area contributed by atoms with Gasteiger partial charge in [-0.2, -0.15) is 0 Å². The van der Waals surface area contributed by atoms with E-state index in [2.05, 4.69) is 0 Å². The average Bonchev–Trinajstić information content (AvgIpc) is 2.15. The Morgan fingerprint density at radius 1 is 1.50 bits per heavy atom. The van der Waals surface area contributed by atoms with Crippen LogP contribution in [-0.4, -0.2) is 25.1 Å². The van der Waals surface area contributed by atoms with E-state index in [1.165, 1.54) is 7.11 Å². The van der Waals surface area contributed by atoms with E-state index in [0.29, 0.717) is 10.6 Å². The third kappa shape index (κ3) is 2.25. The SMILES string of the molecule is CON(C)C(=O)c1ccc(C)cc1Cl. The molecule has 76 valence electrons. The first kappa shape index (κ1) is 11.0. The lowest BCUT2D eigenvalue weighted by atomic mass is 10.1. The van der Waals surface area contributed by atoms with Crippen LogP contribution in [0.4, 0.5) is 0 Å². The number of halogens is 1. The highest BCUT2D eigenvalue weighted by Gasteiger charge is 2.14. The molecule has 0 aliphatic rings. The van der Waals surface area contributed by atoms with Gasteiger partial charge in [-0.25, -0.2) is 5.06 Å². The Kier molecular flexibility index (Phi) is 3.49. The predicted octanol–water partition coefficient (Wildman–Crippen LogP) is 2.28. The smallest absolute Gasteiger partial charge is 0.274 e. The fourth-order valence-corrected chi connectivity index (χ4v) is 1.36. The molecular weight excluding hydrogens is 202 g/mol. The number of hydrogen-bond acceptors (Lipinski definition) is 2. The Morgan fingerprint density at radius 3 is 2.64 bits per heavy atom. The Hall–Kier alpha value is -1.06. The van der Waals surface area contributed by atoms with Crippen molar-refractivity contribution in [2.45, 2.75) is 6.92 Å². The van der Waals surface area contributed by atoms with Gasteiger partial charge in [0.05, 0.1) is 17.7 Å². The number of rotatable bonds is 2. The number of amides is 1. The van der Waals surface area contributed by atoms with Crippen molar-refractivity contribution in [3.05, 3.63) is 34.3 Å². The number of nitrogens with zero attached hydrogens (tertiary/aromatic N) is 1. The molecule has 1 rings (SSSR count). The van der Waals surface area contributed by atoms with E-state index < -0.39 is 0 Å². The first-order valence-electron chi connectivity index (χ1n) is 4.14. The lowest BCUT2D eigenvalue weighted by molar-refractivity contribution is -0.0756. The molecule has 0 N–H and O–H groups in total. The fraction of sp³-hybridized carbons (Fsp3) is 0.300. The van der Waals surface area contributed by atoms with Gasteiger partial charge >= 0.3 is 0 Å². The molecule has 14 heavy (non-hydrogen) atoms. The molecule has 0 radical (unpaired) electrons. The largest absolute Gasteiger partial charge is 0.278 e. The Morgan fingerprint density at radius 2 is 2.14 bits per heavy atom. The highest BCUT2D eigenvalue weighted by Crippen LogP contribution is 2.18. The van der Waals surface area contributed by atoms with Crippen LogP contribution in [0, 0.1) is 6.92 Å². The summed E-state index contributed by atoms with van der Waals surface area (Å²) in [7, 11) is 2.97. The maximum atomic E-state index is 11.6. The first-order chi connectivity index (χ1) is 6.56. The van der Waals surface area contributed by atoms with E-state index in [0.717, 1.165) is 10.6 Å². The second-order valence-electron chi connectivity index (χ2n) is 2.97. The highest BCUT2D eigenvalue weighted by atomic mass is 35.5. The summed E-state index contributed by atoms with van der Waals surface area (Å²) in [6.07, 6.45) is 0. The molecule has 1 aromatic carbocycles. The van der Waals surface area contributed by atoms with Crippen LogP contribution in [0.15, 0.2) is 18.2 Å². The van der Waals surface area contributed by atoms with Crippen molar-refractivity contribution in [1.82, 2.24) is 5.06 Å². The van der Waals surface area contributed by atoms with E-state index in [1.807, 2.05) is 13.0 Å². The maximum absolute atomic E-state index is 11.6. The van der Waals surface area contributed by atoms with Gasteiger partial charge in [0.1, 0.15) is 0 Å². The second-order valence-corrected chi connectivity index (χ2v) is 3.38. The van der Waals surface area contributed by atoms with Crippen molar-refractivity contribution in [2.24, 2.45) is 0 Å². The fourth-order valence-electron chi connectivity index (χ4n) is 1.05. The molecule has 0 aliphatic carbocycles. The van der Waals surface area contributed by atoms with Crippen LogP contribution in [0.25, 0.3) is 0 Å². The van der Waals surface area contributed by atoms with Gasteiger partial charge in [-0.05, 0) is 24.6 Å². The summed E-state index contributed by atoms with van der Waals surface area (Å²) in [5.41, 5.74) is 1.47. The van der Waals surface area contributed by atoms with Gasteiger partial charge in [0.2, 0.25) is 0 Å². The monoisotopic (exact) mass is 213 g/mol. The molecule has 0 fully saturated rings. The summed E-state index contributed by atoms with van der Waals surface area (Å²) < 4.78 is 0. The number of carbonyl (C=O) groups is 1. The Balaban J connectivity index is 3.02. The molecule has 0 heterocycles. The summed E-state index contributed by atoms with van der Waals surface area (Å²) in [6.45, 7) is 1.92. The minimum absolute atomic E-state index is 0.252. The Labute approximate surface area is 88.2 Å². The van der Waals surface area contributed by atoms with Crippen molar-refractivity contribution in [2.75, 3.05) is 14.2 Å². The number of carbonyl (C=O) groups excluding carboxylic acids is 1. The predicted molar refractivity (Wildman–Crippen MR) is 55.3 cm³/mol. The normalized spacial score (nSPS) is 10.0. The standard InChI is InChI=1S/C10H12ClNO2/c1-7-4-5-8(9(11)6-7)10(13)12(2)14-3/h4-6H,1-3H3. The number of hydroxylamine groups is 2. The molecular formula is C10H12ClNO2. The molecule has 0 saturated carbocycles. The average molecular weight is 214 g/mol. The molecule has 3 nitrogen and oxygen atoms in total. The van der Waals surface area contributed by atoms with Crippen molar-refractivity contribution in [3.63, 3.8) is 0 Å². The molecule has 0 unspecified atom stereocenters. The molecule has 0 bridgehead atoms. The molecule has 0 aromatic heterocycles.